The smallest absolute Gasteiger partial charge is 0.251 e. The molecule has 0 heterocycles. The molecule has 0 aliphatic carbocycles. The van der Waals surface area contributed by atoms with Crippen molar-refractivity contribution in [3.63, 3.8) is 0 Å². The molecule has 1 amide bonds. The first-order valence-electron chi connectivity index (χ1n) is 7.41. The SMILES string of the molecule is CNC(C)CNC(=O)c1ccc(COc2ccccc2)cc1. The Labute approximate surface area is 131 Å². The average molecular weight is 298 g/mol. The summed E-state index contributed by atoms with van der Waals surface area (Å²) in [6, 6.07) is 17.4. The summed E-state index contributed by atoms with van der Waals surface area (Å²) < 4.78 is 5.68. The maximum absolute atomic E-state index is 12.0. The second kappa shape index (κ2) is 8.20. The molecule has 4 nitrogen and oxygen atoms in total. The normalized spacial score (nSPS) is 11.7. The summed E-state index contributed by atoms with van der Waals surface area (Å²) >= 11 is 0. The maximum Gasteiger partial charge on any atom is 0.251 e. The van der Waals surface area contributed by atoms with Crippen molar-refractivity contribution in [1.82, 2.24) is 10.6 Å². The molecular weight excluding hydrogens is 276 g/mol. The lowest BCUT2D eigenvalue weighted by Crippen LogP contribution is -2.37. The number of carbonyl (C=O) groups is 1. The summed E-state index contributed by atoms with van der Waals surface area (Å²) in [5.74, 6) is 0.781. The summed E-state index contributed by atoms with van der Waals surface area (Å²) in [5.41, 5.74) is 1.69. The molecule has 1 unspecified atom stereocenters. The molecule has 0 saturated carbocycles. The molecule has 0 fully saturated rings. The van der Waals surface area contributed by atoms with Crippen LogP contribution in [0.25, 0.3) is 0 Å². The average Bonchev–Trinajstić information content (AvgIpc) is 2.59. The largest absolute Gasteiger partial charge is 0.489 e. The van der Waals surface area contributed by atoms with Gasteiger partial charge in [-0.05, 0) is 43.8 Å². The zero-order valence-electron chi connectivity index (χ0n) is 13.0. The Morgan fingerprint density at radius 2 is 1.77 bits per heavy atom. The Morgan fingerprint density at radius 3 is 2.41 bits per heavy atom. The predicted molar refractivity (Wildman–Crippen MR) is 88.1 cm³/mol. The lowest BCUT2D eigenvalue weighted by atomic mass is 10.1. The highest BCUT2D eigenvalue weighted by Gasteiger charge is 2.06. The highest BCUT2D eigenvalue weighted by molar-refractivity contribution is 5.94. The topological polar surface area (TPSA) is 50.4 Å². The van der Waals surface area contributed by atoms with Gasteiger partial charge in [0.15, 0.2) is 0 Å². The van der Waals surface area contributed by atoms with Gasteiger partial charge in [-0.3, -0.25) is 4.79 Å². The van der Waals surface area contributed by atoms with Crippen molar-refractivity contribution in [2.24, 2.45) is 0 Å². The molecule has 2 rings (SSSR count). The number of ether oxygens (including phenoxy) is 1. The van der Waals surface area contributed by atoms with Crippen LogP contribution >= 0.6 is 0 Å². The molecule has 116 valence electrons. The van der Waals surface area contributed by atoms with Crippen LogP contribution in [0.1, 0.15) is 22.8 Å². The lowest BCUT2D eigenvalue weighted by molar-refractivity contribution is 0.0950. The van der Waals surface area contributed by atoms with Crippen LogP contribution in [0.4, 0.5) is 0 Å². The molecule has 0 spiro atoms. The maximum atomic E-state index is 12.0. The van der Waals surface area contributed by atoms with Crippen LogP contribution < -0.4 is 15.4 Å². The van der Waals surface area contributed by atoms with Crippen LogP contribution in [0, 0.1) is 0 Å². The Balaban J connectivity index is 1.86. The fraction of sp³-hybridized carbons (Fsp3) is 0.278. The minimum atomic E-state index is -0.0578. The zero-order valence-corrected chi connectivity index (χ0v) is 13.0. The Morgan fingerprint density at radius 1 is 1.09 bits per heavy atom. The summed E-state index contributed by atoms with van der Waals surface area (Å²) in [5, 5.41) is 5.98. The van der Waals surface area contributed by atoms with Gasteiger partial charge >= 0.3 is 0 Å². The molecule has 2 aromatic rings. The number of carbonyl (C=O) groups excluding carboxylic acids is 1. The van der Waals surface area contributed by atoms with E-state index in [-0.39, 0.29) is 11.9 Å². The molecule has 0 aliphatic rings. The molecule has 22 heavy (non-hydrogen) atoms. The van der Waals surface area contributed by atoms with E-state index in [2.05, 4.69) is 10.6 Å². The van der Waals surface area contributed by atoms with Crippen molar-refractivity contribution in [2.75, 3.05) is 13.6 Å². The quantitative estimate of drug-likeness (QED) is 0.826. The molecule has 2 aromatic carbocycles. The van der Waals surface area contributed by atoms with E-state index >= 15 is 0 Å². The molecule has 0 bridgehead atoms. The molecule has 1 atom stereocenters. The monoisotopic (exact) mass is 298 g/mol. The van der Waals surface area contributed by atoms with Crippen LogP contribution in [0.3, 0.4) is 0 Å². The third-order valence-electron chi connectivity index (χ3n) is 3.43. The zero-order chi connectivity index (χ0) is 15.8. The third-order valence-corrected chi connectivity index (χ3v) is 3.43. The number of hydrogen-bond acceptors (Lipinski definition) is 3. The van der Waals surface area contributed by atoms with Crippen LogP contribution in [-0.2, 0) is 6.61 Å². The van der Waals surface area contributed by atoms with Gasteiger partial charge in [-0.1, -0.05) is 30.3 Å². The van der Waals surface area contributed by atoms with Crippen molar-refractivity contribution in [3.05, 3.63) is 65.7 Å². The molecule has 0 saturated heterocycles. The van der Waals surface area contributed by atoms with Crippen LogP contribution in [0.5, 0.6) is 5.75 Å². The number of nitrogens with one attached hydrogen (secondary N) is 2. The Hall–Kier alpha value is -2.33. The van der Waals surface area contributed by atoms with Crippen LogP contribution in [-0.4, -0.2) is 25.5 Å². The first kappa shape index (κ1) is 16.0. The molecule has 2 N–H and O–H groups in total. The number of likely N-dealkylation sites (N-methyl/N-ethyl adjacent to an activating group) is 1. The van der Waals surface area contributed by atoms with Gasteiger partial charge in [-0.15, -0.1) is 0 Å². The number of amides is 1. The van der Waals surface area contributed by atoms with Gasteiger partial charge in [0.25, 0.3) is 5.91 Å². The van der Waals surface area contributed by atoms with Gasteiger partial charge in [0.2, 0.25) is 0 Å². The van der Waals surface area contributed by atoms with Crippen molar-refractivity contribution in [3.8, 4) is 5.75 Å². The molecule has 0 aromatic heterocycles. The van der Waals surface area contributed by atoms with E-state index in [4.69, 9.17) is 4.74 Å². The molecular formula is C18H22N2O2. The number of hydrogen-bond donors (Lipinski definition) is 2. The second-order valence-corrected chi connectivity index (χ2v) is 5.20. The first-order chi connectivity index (χ1) is 10.7. The van der Waals surface area contributed by atoms with Gasteiger partial charge in [0.1, 0.15) is 12.4 Å². The van der Waals surface area contributed by atoms with Crippen molar-refractivity contribution in [2.45, 2.75) is 19.6 Å². The first-order valence-corrected chi connectivity index (χ1v) is 7.41. The highest BCUT2D eigenvalue weighted by atomic mass is 16.5. The Kier molecular flexibility index (Phi) is 5.98. The van der Waals surface area contributed by atoms with Crippen molar-refractivity contribution in [1.29, 1.82) is 0 Å². The number of para-hydroxylation sites is 1. The van der Waals surface area contributed by atoms with Gasteiger partial charge < -0.3 is 15.4 Å². The van der Waals surface area contributed by atoms with Crippen LogP contribution in [0.2, 0.25) is 0 Å². The van der Waals surface area contributed by atoms with Crippen molar-refractivity contribution >= 4 is 5.91 Å². The van der Waals surface area contributed by atoms with Crippen molar-refractivity contribution < 1.29 is 9.53 Å². The van der Waals surface area contributed by atoms with E-state index in [0.717, 1.165) is 11.3 Å². The van der Waals surface area contributed by atoms with E-state index in [1.54, 1.807) is 0 Å². The summed E-state index contributed by atoms with van der Waals surface area (Å²) in [4.78, 5) is 12.0. The summed E-state index contributed by atoms with van der Waals surface area (Å²) in [7, 11) is 1.87. The van der Waals surface area contributed by atoms with Gasteiger partial charge in [-0.2, -0.15) is 0 Å². The van der Waals surface area contributed by atoms with E-state index in [9.17, 15) is 4.79 Å². The standard InChI is InChI=1S/C18H22N2O2/c1-14(19-2)12-20-18(21)16-10-8-15(9-11-16)13-22-17-6-4-3-5-7-17/h3-11,14,19H,12-13H2,1-2H3,(H,20,21). The molecule has 0 radical (unpaired) electrons. The fourth-order valence-corrected chi connectivity index (χ4v) is 1.89. The van der Waals surface area contributed by atoms with E-state index in [0.29, 0.717) is 18.7 Å². The van der Waals surface area contributed by atoms with E-state index in [1.165, 1.54) is 0 Å². The Bertz CT molecular complexity index is 582. The van der Waals surface area contributed by atoms with Gasteiger partial charge in [0.05, 0.1) is 0 Å². The summed E-state index contributed by atoms with van der Waals surface area (Å²) in [6.07, 6.45) is 0. The lowest BCUT2D eigenvalue weighted by Gasteiger charge is -2.11. The summed E-state index contributed by atoms with van der Waals surface area (Å²) in [6.45, 7) is 3.11. The highest BCUT2D eigenvalue weighted by Crippen LogP contribution is 2.12. The van der Waals surface area contributed by atoms with E-state index in [1.807, 2.05) is 68.6 Å². The van der Waals surface area contributed by atoms with Gasteiger partial charge in [-0.25, -0.2) is 0 Å². The van der Waals surface area contributed by atoms with Crippen LogP contribution in [0.15, 0.2) is 54.6 Å². The third kappa shape index (κ3) is 4.90. The minimum Gasteiger partial charge on any atom is -0.489 e. The molecule has 0 aliphatic heterocycles. The number of benzene rings is 2. The predicted octanol–water partition coefficient (Wildman–Crippen LogP) is 2.60. The fourth-order valence-electron chi connectivity index (χ4n) is 1.89. The molecule has 4 heteroatoms. The second-order valence-electron chi connectivity index (χ2n) is 5.20. The van der Waals surface area contributed by atoms with Gasteiger partial charge in [0, 0.05) is 18.2 Å². The van der Waals surface area contributed by atoms with E-state index < -0.39 is 0 Å². The number of rotatable bonds is 7. The minimum absolute atomic E-state index is 0.0578.